The molecule has 52 heavy (non-hydrogen) atoms. The molecule has 4 aliphatic carbocycles. The first-order chi connectivity index (χ1) is 24.7. The lowest BCUT2D eigenvalue weighted by Crippen LogP contribution is -2.65. The van der Waals surface area contributed by atoms with Crippen LogP contribution >= 0.6 is 0 Å². The second-order valence-electron chi connectivity index (χ2n) is 18.3. The molecule has 8 unspecified atom stereocenters. The lowest BCUT2D eigenvalue weighted by atomic mass is 9.47. The number of fused-ring (bicyclic) bond motifs is 7. The maximum absolute atomic E-state index is 11.1. The van der Waals surface area contributed by atoms with E-state index >= 15 is 0 Å². The Hall–Kier alpha value is -0.780. The van der Waals surface area contributed by atoms with E-state index in [0.29, 0.717) is 41.9 Å². The minimum absolute atomic E-state index is 0.0572. The van der Waals surface area contributed by atoms with Gasteiger partial charge in [-0.05, 0) is 91.8 Å². The fourth-order valence-corrected chi connectivity index (χ4v) is 12.6. The molecule has 4 aliphatic heterocycles. The van der Waals surface area contributed by atoms with Gasteiger partial charge in [0, 0.05) is 12.3 Å². The van der Waals surface area contributed by atoms with E-state index in [1.165, 1.54) is 24.8 Å². The molecule has 3 saturated carbocycles. The lowest BCUT2D eigenvalue weighted by molar-refractivity contribution is -0.363. The van der Waals surface area contributed by atoms with Gasteiger partial charge < -0.3 is 64.2 Å². The summed E-state index contributed by atoms with van der Waals surface area (Å²) in [4.78, 5) is 0. The zero-order valence-electron chi connectivity index (χ0n) is 31.0. The summed E-state index contributed by atoms with van der Waals surface area (Å²) < 4.78 is 36.9. The van der Waals surface area contributed by atoms with E-state index in [0.717, 1.165) is 38.7 Å². The van der Waals surface area contributed by atoms with Crippen LogP contribution < -0.4 is 0 Å². The van der Waals surface area contributed by atoms with E-state index in [-0.39, 0.29) is 23.0 Å². The first kappa shape index (κ1) is 38.1. The van der Waals surface area contributed by atoms with Crippen molar-refractivity contribution in [2.24, 2.45) is 46.3 Å². The maximum atomic E-state index is 11.1. The highest BCUT2D eigenvalue weighted by atomic mass is 16.7. The molecule has 296 valence electrons. The summed E-state index contributed by atoms with van der Waals surface area (Å²) in [7, 11) is 0. The van der Waals surface area contributed by atoms with E-state index in [1.807, 2.05) is 0 Å². The first-order valence-electron chi connectivity index (χ1n) is 20.0. The van der Waals surface area contributed by atoms with Crippen LogP contribution in [-0.4, -0.2) is 135 Å². The van der Waals surface area contributed by atoms with Crippen LogP contribution in [0.1, 0.15) is 85.5 Å². The number of aliphatic hydroxyl groups excluding tert-OH is 7. The first-order valence-corrected chi connectivity index (χ1v) is 20.0. The van der Waals surface area contributed by atoms with E-state index < -0.39 is 80.4 Å². The highest BCUT2D eigenvalue weighted by Gasteiger charge is 2.68. The Kier molecular flexibility index (Phi) is 10.3. The average molecular weight is 739 g/mol. The third kappa shape index (κ3) is 5.90. The molecule has 21 atom stereocenters. The molecule has 4 heterocycles. The highest BCUT2D eigenvalue weighted by molar-refractivity contribution is 5.26. The van der Waals surface area contributed by atoms with Crippen molar-refractivity contribution in [3.8, 4) is 0 Å². The van der Waals surface area contributed by atoms with Crippen molar-refractivity contribution >= 4 is 0 Å². The Balaban J connectivity index is 0.913. The van der Waals surface area contributed by atoms with Crippen molar-refractivity contribution in [3.05, 3.63) is 11.6 Å². The van der Waals surface area contributed by atoms with Gasteiger partial charge in [0.05, 0.1) is 32.0 Å². The Morgan fingerprint density at radius 3 is 2.21 bits per heavy atom. The van der Waals surface area contributed by atoms with Gasteiger partial charge in [0.1, 0.15) is 48.8 Å². The van der Waals surface area contributed by atoms with Gasteiger partial charge in [-0.2, -0.15) is 0 Å². The van der Waals surface area contributed by atoms with Crippen molar-refractivity contribution < 1.29 is 64.2 Å². The SMILES string of the molecule is CC1CCC2(OC1)OC1CC3C4CC=C5C[C@@H](O[C@@H]6O[C@H](CO)[C@@H](O[C@@H]7O[C@H](CO)[C@@H](O)[C@@H](O)[C@H]7O)[C@@H](O)[C@H]6O)CC[C@]5(C)C4CC[C@]3(C)C1C2C. The molecule has 0 radical (unpaired) electrons. The largest absolute Gasteiger partial charge is 0.394 e. The lowest BCUT2D eigenvalue weighted by Gasteiger charge is -2.58. The Morgan fingerprint density at radius 2 is 1.50 bits per heavy atom. The summed E-state index contributed by atoms with van der Waals surface area (Å²) in [5.41, 5.74) is 1.70. The van der Waals surface area contributed by atoms with Crippen LogP contribution in [0.3, 0.4) is 0 Å². The summed E-state index contributed by atoms with van der Waals surface area (Å²) in [6.07, 6.45) is -3.06. The van der Waals surface area contributed by atoms with E-state index in [9.17, 15) is 35.7 Å². The molecule has 8 aliphatic rings. The number of aliphatic hydroxyl groups is 7. The summed E-state index contributed by atoms with van der Waals surface area (Å²) in [6, 6.07) is 0. The molecule has 0 bridgehead atoms. The quantitative estimate of drug-likeness (QED) is 0.193. The summed E-state index contributed by atoms with van der Waals surface area (Å²) in [5, 5.41) is 72.7. The second kappa shape index (κ2) is 14.0. The Bertz CT molecular complexity index is 1320. The molecule has 0 aromatic carbocycles. The molecule has 0 aromatic rings. The minimum Gasteiger partial charge on any atom is -0.394 e. The second-order valence-corrected chi connectivity index (χ2v) is 18.3. The molecule has 7 N–H and O–H groups in total. The van der Waals surface area contributed by atoms with Crippen LogP contribution in [0.4, 0.5) is 0 Å². The summed E-state index contributed by atoms with van der Waals surface area (Å²) in [6.45, 7) is 9.20. The van der Waals surface area contributed by atoms with Crippen LogP contribution in [0.5, 0.6) is 0 Å². The van der Waals surface area contributed by atoms with E-state index in [2.05, 4.69) is 33.8 Å². The van der Waals surface area contributed by atoms with Crippen LogP contribution in [0, 0.1) is 46.3 Å². The van der Waals surface area contributed by atoms with Gasteiger partial charge in [-0.25, -0.2) is 0 Å². The van der Waals surface area contributed by atoms with Crippen molar-refractivity contribution in [1.82, 2.24) is 0 Å². The molecule has 0 amide bonds. The molecular formula is C39H62O13. The minimum atomic E-state index is -1.72. The fourth-order valence-electron chi connectivity index (χ4n) is 12.6. The van der Waals surface area contributed by atoms with Crippen LogP contribution in [-0.2, 0) is 28.4 Å². The zero-order chi connectivity index (χ0) is 36.9. The standard InChI is InChI=1S/C39H62O13/c1-18-7-12-39(47-17-18)19(2)28-25(52-39)14-24-22-6-5-20-13-21(8-10-37(20,3)23(22)9-11-38(24,28)4)48-35-33(46)31(44)34(27(16-41)50-35)51-36-32(45)30(43)29(42)26(15-40)49-36/h5,18-19,21-36,40-46H,6-17H2,1-4H3/t18?,19?,21-,22?,23?,24?,25?,26+,27+,28?,29+,30+,31-,32+,33+,34+,35+,36-,37-,38-,39?/m0/s1. The molecular weight excluding hydrogens is 676 g/mol. The monoisotopic (exact) mass is 738 g/mol. The smallest absolute Gasteiger partial charge is 0.187 e. The molecule has 1 spiro atoms. The Labute approximate surface area is 306 Å². The number of ether oxygens (including phenoxy) is 6. The van der Waals surface area contributed by atoms with Gasteiger partial charge in [0.2, 0.25) is 0 Å². The highest BCUT2D eigenvalue weighted by Crippen LogP contribution is 2.70. The summed E-state index contributed by atoms with van der Waals surface area (Å²) >= 11 is 0. The number of hydrogen-bond acceptors (Lipinski definition) is 13. The normalized spacial score (nSPS) is 57.5. The maximum Gasteiger partial charge on any atom is 0.187 e. The average Bonchev–Trinajstić information content (AvgIpc) is 3.58. The van der Waals surface area contributed by atoms with Gasteiger partial charge >= 0.3 is 0 Å². The van der Waals surface area contributed by atoms with Gasteiger partial charge in [-0.15, -0.1) is 0 Å². The van der Waals surface area contributed by atoms with Crippen molar-refractivity contribution in [2.45, 2.75) is 165 Å². The van der Waals surface area contributed by atoms with Gasteiger partial charge in [0.15, 0.2) is 18.4 Å². The van der Waals surface area contributed by atoms with Crippen LogP contribution in [0.2, 0.25) is 0 Å². The summed E-state index contributed by atoms with van der Waals surface area (Å²) in [5.74, 6) is 2.92. The van der Waals surface area contributed by atoms with Crippen molar-refractivity contribution in [3.63, 3.8) is 0 Å². The zero-order valence-corrected chi connectivity index (χ0v) is 31.0. The van der Waals surface area contributed by atoms with E-state index in [1.54, 1.807) is 0 Å². The third-order valence-electron chi connectivity index (χ3n) is 15.6. The fraction of sp³-hybridized carbons (Fsp3) is 0.949. The molecule has 13 heteroatoms. The van der Waals surface area contributed by atoms with Crippen molar-refractivity contribution in [2.75, 3.05) is 19.8 Å². The predicted octanol–water partition coefficient (Wildman–Crippen LogP) is 1.36. The third-order valence-corrected chi connectivity index (χ3v) is 15.6. The number of rotatable bonds is 6. The number of hydrogen-bond donors (Lipinski definition) is 7. The molecule has 8 rings (SSSR count). The van der Waals surface area contributed by atoms with Gasteiger partial charge in [-0.3, -0.25) is 0 Å². The number of allylic oxidation sites excluding steroid dienone is 1. The Morgan fingerprint density at radius 1 is 0.788 bits per heavy atom. The van der Waals surface area contributed by atoms with Crippen LogP contribution in [0.15, 0.2) is 11.6 Å². The van der Waals surface area contributed by atoms with Crippen LogP contribution in [0.25, 0.3) is 0 Å². The molecule has 13 nitrogen and oxygen atoms in total. The van der Waals surface area contributed by atoms with Gasteiger partial charge in [0.25, 0.3) is 0 Å². The van der Waals surface area contributed by atoms with Crippen molar-refractivity contribution in [1.29, 1.82) is 0 Å². The molecule has 0 aromatic heterocycles. The van der Waals surface area contributed by atoms with E-state index in [4.69, 9.17) is 28.4 Å². The topological polar surface area (TPSA) is 197 Å². The van der Waals surface area contributed by atoms with Gasteiger partial charge in [-0.1, -0.05) is 39.3 Å². The molecule has 4 saturated heterocycles. The molecule has 7 fully saturated rings. The predicted molar refractivity (Wildman–Crippen MR) is 183 cm³/mol.